The zero-order valence-corrected chi connectivity index (χ0v) is 22.1. The number of carbonyl (C=O) groups excluding carboxylic acids is 3. The summed E-state index contributed by atoms with van der Waals surface area (Å²) >= 11 is 0. The van der Waals surface area contributed by atoms with E-state index in [9.17, 15) is 14.4 Å². The van der Waals surface area contributed by atoms with Crippen LogP contribution in [0.1, 0.15) is 76.6 Å². The summed E-state index contributed by atoms with van der Waals surface area (Å²) in [4.78, 5) is 36.9. The van der Waals surface area contributed by atoms with E-state index in [4.69, 9.17) is 10.5 Å². The number of carbonyl (C=O) groups is 3. The van der Waals surface area contributed by atoms with Crippen LogP contribution in [0.4, 0.5) is 4.79 Å². The normalized spacial score (nSPS) is 24.3. The SMILES string of the molecule is COC(=O)NC(C)(C)/C=C/n1ncc(C(=O)NC2CCCCC3CC(C(N)=O)CC32)c1OCC(C)C. The molecule has 0 spiro atoms. The van der Waals surface area contributed by atoms with Crippen LogP contribution in [-0.4, -0.2) is 53.0 Å². The molecule has 2 aliphatic carbocycles. The van der Waals surface area contributed by atoms with Crippen LogP contribution in [0.2, 0.25) is 0 Å². The van der Waals surface area contributed by atoms with Crippen molar-refractivity contribution in [3.63, 3.8) is 0 Å². The lowest BCUT2D eigenvalue weighted by atomic mass is 9.87. The van der Waals surface area contributed by atoms with E-state index in [0.29, 0.717) is 24.0 Å². The molecule has 0 aromatic carbocycles. The van der Waals surface area contributed by atoms with E-state index in [1.54, 1.807) is 12.3 Å². The van der Waals surface area contributed by atoms with Crippen molar-refractivity contribution in [3.8, 4) is 5.88 Å². The van der Waals surface area contributed by atoms with Crippen molar-refractivity contribution in [3.05, 3.63) is 17.8 Å². The van der Waals surface area contributed by atoms with Gasteiger partial charge in [-0.3, -0.25) is 9.59 Å². The fourth-order valence-electron chi connectivity index (χ4n) is 5.24. The van der Waals surface area contributed by atoms with E-state index >= 15 is 0 Å². The number of alkyl carbamates (subject to hydrolysis) is 1. The second-order valence-corrected chi connectivity index (χ2v) is 11.0. The number of fused-ring (bicyclic) bond motifs is 1. The lowest BCUT2D eigenvalue weighted by Gasteiger charge is -2.27. The highest BCUT2D eigenvalue weighted by Gasteiger charge is 2.42. The number of hydrogen-bond donors (Lipinski definition) is 3. The van der Waals surface area contributed by atoms with E-state index in [1.807, 2.05) is 27.7 Å². The summed E-state index contributed by atoms with van der Waals surface area (Å²) in [7, 11) is 1.31. The van der Waals surface area contributed by atoms with Gasteiger partial charge < -0.3 is 25.8 Å². The third-order valence-electron chi connectivity index (χ3n) is 7.11. The molecule has 4 unspecified atom stereocenters. The molecule has 1 heterocycles. The maximum atomic E-state index is 13.5. The number of nitrogens with zero attached hydrogens (tertiary/aromatic N) is 2. The lowest BCUT2D eigenvalue weighted by Crippen LogP contribution is -2.41. The van der Waals surface area contributed by atoms with Gasteiger partial charge in [0, 0.05) is 18.2 Å². The Kier molecular flexibility index (Phi) is 9.03. The number of aromatic nitrogens is 2. The summed E-state index contributed by atoms with van der Waals surface area (Å²) < 4.78 is 12.2. The average molecular weight is 504 g/mol. The van der Waals surface area contributed by atoms with Crippen LogP contribution < -0.4 is 21.1 Å². The van der Waals surface area contributed by atoms with Crippen LogP contribution in [0.3, 0.4) is 0 Å². The molecule has 0 bridgehead atoms. The summed E-state index contributed by atoms with van der Waals surface area (Å²) in [6.45, 7) is 8.10. The number of methoxy groups -OCH3 is 1. The van der Waals surface area contributed by atoms with Crippen LogP contribution in [0.25, 0.3) is 6.20 Å². The largest absolute Gasteiger partial charge is 0.477 e. The van der Waals surface area contributed by atoms with Crippen molar-refractivity contribution in [2.75, 3.05) is 13.7 Å². The van der Waals surface area contributed by atoms with E-state index in [1.165, 1.54) is 18.0 Å². The molecule has 200 valence electrons. The highest BCUT2D eigenvalue weighted by molar-refractivity contribution is 5.96. The second-order valence-electron chi connectivity index (χ2n) is 11.0. The van der Waals surface area contributed by atoms with Crippen molar-refractivity contribution >= 4 is 24.1 Å². The zero-order chi connectivity index (χ0) is 26.5. The Labute approximate surface area is 213 Å². The van der Waals surface area contributed by atoms with E-state index in [-0.39, 0.29) is 35.6 Å². The minimum absolute atomic E-state index is 0.0191. The quantitative estimate of drug-likeness (QED) is 0.473. The summed E-state index contributed by atoms with van der Waals surface area (Å²) in [6.07, 6.45) is 10.00. The van der Waals surface area contributed by atoms with E-state index < -0.39 is 11.6 Å². The van der Waals surface area contributed by atoms with Crippen LogP contribution in [0.5, 0.6) is 5.88 Å². The molecule has 1 aromatic rings. The van der Waals surface area contributed by atoms with Crippen LogP contribution >= 0.6 is 0 Å². The zero-order valence-electron chi connectivity index (χ0n) is 22.1. The van der Waals surface area contributed by atoms with Crippen molar-refractivity contribution in [2.24, 2.45) is 29.4 Å². The summed E-state index contributed by atoms with van der Waals surface area (Å²) in [5, 5.41) is 10.3. The third kappa shape index (κ3) is 7.01. The van der Waals surface area contributed by atoms with Gasteiger partial charge in [0.25, 0.3) is 5.91 Å². The summed E-state index contributed by atoms with van der Waals surface area (Å²) in [5.74, 6) is 0.646. The Morgan fingerprint density at radius 3 is 2.64 bits per heavy atom. The Hall–Kier alpha value is -3.04. The number of ether oxygens (including phenoxy) is 2. The fourth-order valence-corrected chi connectivity index (χ4v) is 5.24. The van der Waals surface area contributed by atoms with Gasteiger partial charge in [0.1, 0.15) is 5.56 Å². The molecule has 3 rings (SSSR count). The molecule has 2 aliphatic rings. The molecule has 0 radical (unpaired) electrons. The number of rotatable bonds is 9. The first-order valence-electron chi connectivity index (χ1n) is 12.9. The number of primary amides is 1. The van der Waals surface area contributed by atoms with Crippen LogP contribution in [0, 0.1) is 23.7 Å². The highest BCUT2D eigenvalue weighted by Crippen LogP contribution is 2.44. The van der Waals surface area contributed by atoms with Gasteiger partial charge >= 0.3 is 6.09 Å². The van der Waals surface area contributed by atoms with Gasteiger partial charge in [-0.05, 0) is 56.9 Å². The predicted octanol–water partition coefficient (Wildman–Crippen LogP) is 3.32. The van der Waals surface area contributed by atoms with Crippen molar-refractivity contribution in [1.82, 2.24) is 20.4 Å². The van der Waals surface area contributed by atoms with Crippen molar-refractivity contribution < 1.29 is 23.9 Å². The topological polar surface area (TPSA) is 138 Å². The Morgan fingerprint density at radius 1 is 1.25 bits per heavy atom. The smallest absolute Gasteiger partial charge is 0.407 e. The third-order valence-corrected chi connectivity index (χ3v) is 7.11. The molecule has 4 atom stereocenters. The highest BCUT2D eigenvalue weighted by atomic mass is 16.5. The van der Waals surface area contributed by atoms with Crippen molar-refractivity contribution in [2.45, 2.75) is 77.8 Å². The van der Waals surface area contributed by atoms with E-state index in [2.05, 4.69) is 20.5 Å². The Balaban J connectivity index is 1.80. The van der Waals surface area contributed by atoms with Crippen LogP contribution in [-0.2, 0) is 9.53 Å². The molecule has 0 aliphatic heterocycles. The Morgan fingerprint density at radius 2 is 1.97 bits per heavy atom. The summed E-state index contributed by atoms with van der Waals surface area (Å²) in [6, 6.07) is -0.0191. The van der Waals surface area contributed by atoms with Crippen molar-refractivity contribution in [1.29, 1.82) is 0 Å². The molecule has 3 amide bonds. The van der Waals surface area contributed by atoms with Crippen LogP contribution in [0.15, 0.2) is 12.3 Å². The standard InChI is InChI=1S/C26H41N5O5/c1-16(2)15-36-24-20(14-28-31(24)11-10-26(3,4)30-25(34)35-5)23(33)29-21-9-7-6-8-17-12-18(22(27)32)13-19(17)21/h10-11,14,16-19,21H,6-9,12-13,15H2,1-5H3,(H2,27,32)(H,29,33)(H,30,34)/b11-10+. The molecule has 10 heteroatoms. The number of hydrogen-bond acceptors (Lipinski definition) is 6. The minimum Gasteiger partial charge on any atom is -0.477 e. The molecule has 2 fully saturated rings. The maximum absolute atomic E-state index is 13.5. The maximum Gasteiger partial charge on any atom is 0.407 e. The molecule has 4 N–H and O–H groups in total. The van der Waals surface area contributed by atoms with Gasteiger partial charge in [-0.25, -0.2) is 9.48 Å². The lowest BCUT2D eigenvalue weighted by molar-refractivity contribution is -0.121. The predicted molar refractivity (Wildman–Crippen MR) is 136 cm³/mol. The molecule has 36 heavy (non-hydrogen) atoms. The molecular weight excluding hydrogens is 462 g/mol. The molecule has 0 saturated heterocycles. The first-order chi connectivity index (χ1) is 17.0. The van der Waals surface area contributed by atoms with Gasteiger partial charge in [0.2, 0.25) is 11.8 Å². The number of amides is 3. The molecule has 2 saturated carbocycles. The molecular formula is C26H41N5O5. The van der Waals surface area contributed by atoms with Gasteiger partial charge in [0.15, 0.2) is 0 Å². The first-order valence-corrected chi connectivity index (χ1v) is 12.9. The first kappa shape index (κ1) is 27.5. The fraction of sp³-hybridized carbons (Fsp3) is 0.692. The van der Waals surface area contributed by atoms with E-state index in [0.717, 1.165) is 38.5 Å². The Bertz CT molecular complexity index is 970. The number of nitrogens with two attached hydrogens (primary N) is 1. The second kappa shape index (κ2) is 11.8. The average Bonchev–Trinajstić information content (AvgIpc) is 3.37. The number of nitrogens with one attached hydrogen (secondary N) is 2. The molecule has 10 nitrogen and oxygen atoms in total. The van der Waals surface area contributed by atoms with Gasteiger partial charge in [-0.1, -0.05) is 33.1 Å². The van der Waals surface area contributed by atoms with Gasteiger partial charge in [-0.15, -0.1) is 0 Å². The molecule has 1 aromatic heterocycles. The van der Waals surface area contributed by atoms with Gasteiger partial charge in [0.05, 0.1) is 25.5 Å². The van der Waals surface area contributed by atoms with Gasteiger partial charge in [-0.2, -0.15) is 5.10 Å². The summed E-state index contributed by atoms with van der Waals surface area (Å²) in [5.41, 5.74) is 5.25. The minimum atomic E-state index is -0.717. The monoisotopic (exact) mass is 503 g/mol.